The Balaban J connectivity index is 2.12. The van der Waals surface area contributed by atoms with Gasteiger partial charge in [0.2, 0.25) is 0 Å². The Kier molecular flexibility index (Phi) is 2.68. The van der Waals surface area contributed by atoms with Crippen LogP contribution in [-0.4, -0.2) is 10.1 Å². The van der Waals surface area contributed by atoms with E-state index in [0.29, 0.717) is 0 Å². The summed E-state index contributed by atoms with van der Waals surface area (Å²) in [6.45, 7) is 3.88. The number of benzene rings is 2. The molecule has 0 fully saturated rings. The van der Waals surface area contributed by atoms with Crippen molar-refractivity contribution in [3.05, 3.63) is 71.4 Å². The average Bonchev–Trinajstić information content (AvgIpc) is 2.85. The molecule has 3 rings (SSSR count). The van der Waals surface area contributed by atoms with Crippen LogP contribution >= 0.6 is 0 Å². The number of hydrogen-bond donors (Lipinski definition) is 2. The first-order valence-electron chi connectivity index (χ1n) is 6.44. The van der Waals surface area contributed by atoms with Gasteiger partial charge in [-0.15, -0.1) is 0 Å². The first-order valence-corrected chi connectivity index (χ1v) is 6.44. The van der Waals surface area contributed by atoms with Crippen molar-refractivity contribution in [2.24, 2.45) is 0 Å². The number of rotatable bonds is 2. The normalized spacial score (nSPS) is 14.5. The third-order valence-electron chi connectivity index (χ3n) is 3.70. The first-order chi connectivity index (χ1) is 9.07. The zero-order valence-corrected chi connectivity index (χ0v) is 11.1. The van der Waals surface area contributed by atoms with Gasteiger partial charge in [0.05, 0.1) is 0 Å². The maximum absolute atomic E-state index is 10.9. The van der Waals surface area contributed by atoms with E-state index in [2.05, 4.69) is 4.98 Å². The van der Waals surface area contributed by atoms with Crippen LogP contribution in [0.3, 0.4) is 0 Å². The molecule has 2 heteroatoms. The molecule has 1 unspecified atom stereocenters. The van der Waals surface area contributed by atoms with Crippen LogP contribution in [0.5, 0.6) is 0 Å². The lowest BCUT2D eigenvalue weighted by atomic mass is 9.87. The number of nitrogens with one attached hydrogen (secondary N) is 1. The second kappa shape index (κ2) is 4.25. The molecular formula is C17H17NO. The van der Waals surface area contributed by atoms with E-state index in [1.54, 1.807) is 0 Å². The Morgan fingerprint density at radius 3 is 2.58 bits per heavy atom. The van der Waals surface area contributed by atoms with Gasteiger partial charge in [-0.2, -0.15) is 0 Å². The van der Waals surface area contributed by atoms with Crippen molar-refractivity contribution in [2.45, 2.75) is 19.4 Å². The van der Waals surface area contributed by atoms with Gasteiger partial charge in [-0.05, 0) is 48.6 Å². The highest BCUT2D eigenvalue weighted by Gasteiger charge is 2.25. The van der Waals surface area contributed by atoms with Gasteiger partial charge in [0.15, 0.2) is 0 Å². The van der Waals surface area contributed by atoms with Gasteiger partial charge in [-0.3, -0.25) is 0 Å². The first kappa shape index (κ1) is 12.0. The molecule has 2 aromatic carbocycles. The number of aromatic amines is 1. The van der Waals surface area contributed by atoms with Gasteiger partial charge < -0.3 is 10.1 Å². The van der Waals surface area contributed by atoms with Gasteiger partial charge in [0.25, 0.3) is 0 Å². The van der Waals surface area contributed by atoms with E-state index in [4.69, 9.17) is 0 Å². The van der Waals surface area contributed by atoms with Crippen molar-refractivity contribution in [2.75, 3.05) is 0 Å². The fraction of sp³-hybridized carbons (Fsp3) is 0.176. The summed E-state index contributed by atoms with van der Waals surface area (Å²) in [5.41, 5.74) is 3.09. The largest absolute Gasteiger partial charge is 0.381 e. The third kappa shape index (κ3) is 2.04. The van der Waals surface area contributed by atoms with Crippen LogP contribution in [0.2, 0.25) is 0 Å². The highest BCUT2D eigenvalue weighted by molar-refractivity contribution is 5.80. The van der Waals surface area contributed by atoms with Crippen molar-refractivity contribution >= 4 is 10.9 Å². The molecule has 0 aliphatic heterocycles. The maximum Gasteiger partial charge on any atom is 0.112 e. The fourth-order valence-corrected chi connectivity index (χ4v) is 2.47. The van der Waals surface area contributed by atoms with Crippen LogP contribution < -0.4 is 0 Å². The van der Waals surface area contributed by atoms with Crippen molar-refractivity contribution < 1.29 is 5.11 Å². The average molecular weight is 251 g/mol. The molecule has 2 N–H and O–H groups in total. The van der Waals surface area contributed by atoms with Crippen molar-refractivity contribution in [1.29, 1.82) is 0 Å². The van der Waals surface area contributed by atoms with Crippen LogP contribution in [0, 0.1) is 6.92 Å². The van der Waals surface area contributed by atoms with Crippen LogP contribution in [0.4, 0.5) is 0 Å². The molecule has 0 saturated heterocycles. The van der Waals surface area contributed by atoms with E-state index in [1.165, 1.54) is 0 Å². The van der Waals surface area contributed by atoms with Gasteiger partial charge in [-0.25, -0.2) is 0 Å². The van der Waals surface area contributed by atoms with Crippen LogP contribution in [-0.2, 0) is 5.60 Å². The molecule has 0 saturated carbocycles. The quantitative estimate of drug-likeness (QED) is 0.715. The summed E-state index contributed by atoms with van der Waals surface area (Å²) in [6.07, 6.45) is 1.91. The van der Waals surface area contributed by atoms with Gasteiger partial charge in [-0.1, -0.05) is 35.9 Å². The molecule has 1 aromatic heterocycles. The molecule has 1 heterocycles. The highest BCUT2D eigenvalue weighted by atomic mass is 16.3. The molecule has 3 aromatic rings. The Hall–Kier alpha value is -2.06. The van der Waals surface area contributed by atoms with Crippen molar-refractivity contribution in [1.82, 2.24) is 4.98 Å². The molecule has 96 valence electrons. The van der Waals surface area contributed by atoms with E-state index in [0.717, 1.165) is 27.6 Å². The van der Waals surface area contributed by atoms with Crippen LogP contribution in [0.1, 0.15) is 23.6 Å². The lowest BCUT2D eigenvalue weighted by Gasteiger charge is -2.25. The summed E-state index contributed by atoms with van der Waals surface area (Å²) in [7, 11) is 0. The summed E-state index contributed by atoms with van der Waals surface area (Å²) in [5.74, 6) is 0. The molecule has 0 radical (unpaired) electrons. The number of hydrogen-bond acceptors (Lipinski definition) is 1. The molecular weight excluding hydrogens is 234 g/mol. The molecule has 0 spiro atoms. The number of fused-ring (bicyclic) bond motifs is 1. The summed E-state index contributed by atoms with van der Waals surface area (Å²) in [6, 6.07) is 16.0. The topological polar surface area (TPSA) is 36.0 Å². The Bertz CT molecular complexity index is 725. The lowest BCUT2D eigenvalue weighted by Crippen LogP contribution is -2.22. The molecule has 0 aliphatic rings. The SMILES string of the molecule is Cc1cccc(C(C)(O)c2ccc3[nH]ccc3c2)c1. The predicted octanol–water partition coefficient (Wildman–Crippen LogP) is 3.73. The monoisotopic (exact) mass is 251 g/mol. The second-order valence-corrected chi connectivity index (χ2v) is 5.22. The molecule has 19 heavy (non-hydrogen) atoms. The smallest absolute Gasteiger partial charge is 0.112 e. The van der Waals surface area contributed by atoms with Crippen LogP contribution in [0.15, 0.2) is 54.7 Å². The van der Waals surface area contributed by atoms with E-state index in [1.807, 2.05) is 68.6 Å². The second-order valence-electron chi connectivity index (χ2n) is 5.22. The Morgan fingerprint density at radius 2 is 1.79 bits per heavy atom. The molecule has 0 aliphatic carbocycles. The van der Waals surface area contributed by atoms with Gasteiger partial charge in [0, 0.05) is 11.7 Å². The maximum atomic E-state index is 10.9. The van der Waals surface area contributed by atoms with E-state index in [-0.39, 0.29) is 0 Å². The molecule has 2 nitrogen and oxygen atoms in total. The summed E-state index contributed by atoms with van der Waals surface area (Å²) in [4.78, 5) is 3.17. The Morgan fingerprint density at radius 1 is 1.00 bits per heavy atom. The highest BCUT2D eigenvalue weighted by Crippen LogP contribution is 2.31. The van der Waals surface area contributed by atoms with E-state index in [9.17, 15) is 5.11 Å². The Labute approximate surface area is 112 Å². The zero-order chi connectivity index (χ0) is 13.5. The lowest BCUT2D eigenvalue weighted by molar-refractivity contribution is 0.102. The molecule has 0 amide bonds. The fourth-order valence-electron chi connectivity index (χ4n) is 2.47. The van der Waals surface area contributed by atoms with Gasteiger partial charge in [0.1, 0.15) is 5.60 Å². The minimum atomic E-state index is -0.975. The molecule has 0 bridgehead atoms. The number of H-pyrrole nitrogens is 1. The van der Waals surface area contributed by atoms with Crippen molar-refractivity contribution in [3.63, 3.8) is 0 Å². The van der Waals surface area contributed by atoms with E-state index >= 15 is 0 Å². The number of aryl methyl sites for hydroxylation is 1. The predicted molar refractivity (Wildman–Crippen MR) is 78.2 cm³/mol. The number of aliphatic hydroxyl groups is 1. The van der Waals surface area contributed by atoms with Crippen LogP contribution in [0.25, 0.3) is 10.9 Å². The summed E-state index contributed by atoms with van der Waals surface area (Å²) >= 11 is 0. The zero-order valence-electron chi connectivity index (χ0n) is 11.1. The number of aromatic nitrogens is 1. The molecule has 1 atom stereocenters. The summed E-state index contributed by atoms with van der Waals surface area (Å²) < 4.78 is 0. The van der Waals surface area contributed by atoms with E-state index < -0.39 is 5.60 Å². The van der Waals surface area contributed by atoms with Gasteiger partial charge >= 0.3 is 0 Å². The minimum Gasteiger partial charge on any atom is -0.381 e. The standard InChI is InChI=1S/C17H17NO/c1-12-4-3-5-14(10-12)17(2,19)15-6-7-16-13(11-15)8-9-18-16/h3-11,18-19H,1-2H3. The van der Waals surface area contributed by atoms with Crippen molar-refractivity contribution in [3.8, 4) is 0 Å². The minimum absolute atomic E-state index is 0.908. The third-order valence-corrected chi connectivity index (χ3v) is 3.70. The summed E-state index contributed by atoms with van der Waals surface area (Å²) in [5, 5.41) is 12.0.